The van der Waals surface area contributed by atoms with Crippen LogP contribution in [0.1, 0.15) is 12.8 Å². The van der Waals surface area contributed by atoms with Crippen LogP contribution in [-0.4, -0.2) is 14.2 Å². The Bertz CT molecular complexity index is 520. The van der Waals surface area contributed by atoms with Crippen molar-refractivity contribution in [1.82, 2.24) is 0 Å². The van der Waals surface area contributed by atoms with Crippen molar-refractivity contribution < 1.29 is 8.42 Å². The van der Waals surface area contributed by atoms with Gasteiger partial charge in [0.15, 0.2) is 9.84 Å². The molecule has 0 unspecified atom stereocenters. The number of nitrogen functional groups attached to an aromatic ring is 1. The number of rotatable bonds is 4. The molecule has 0 atom stereocenters. The summed E-state index contributed by atoms with van der Waals surface area (Å²) >= 11 is 5.74. The number of nitrogens with zero attached hydrogens (tertiary/aromatic N) is 1. The average molecular weight is 259 g/mol. The fraction of sp³-hybridized carbons (Fsp3) is 0.300. The van der Waals surface area contributed by atoms with E-state index in [-0.39, 0.29) is 22.1 Å². The second-order valence-electron chi connectivity index (χ2n) is 3.26. The summed E-state index contributed by atoms with van der Waals surface area (Å²) in [5.41, 5.74) is 5.83. The summed E-state index contributed by atoms with van der Waals surface area (Å²) in [5.74, 6) is -0.0548. The highest BCUT2D eigenvalue weighted by Crippen LogP contribution is 2.23. The Kier molecular flexibility index (Phi) is 4.16. The number of hydrogen-bond acceptors (Lipinski definition) is 4. The predicted octanol–water partition coefficient (Wildman–Crippen LogP) is 2.00. The number of halogens is 1. The molecule has 0 aliphatic carbocycles. The van der Waals surface area contributed by atoms with Crippen LogP contribution >= 0.6 is 11.6 Å². The lowest BCUT2D eigenvalue weighted by molar-refractivity contribution is 0.594. The Labute approximate surface area is 99.6 Å². The molecule has 86 valence electrons. The third-order valence-electron chi connectivity index (χ3n) is 2.03. The van der Waals surface area contributed by atoms with Gasteiger partial charge in [0.25, 0.3) is 0 Å². The fourth-order valence-corrected chi connectivity index (χ4v) is 2.74. The van der Waals surface area contributed by atoms with E-state index in [1.54, 1.807) is 0 Å². The lowest BCUT2D eigenvalue weighted by Crippen LogP contribution is -2.07. The summed E-state index contributed by atoms with van der Waals surface area (Å²) in [6.07, 6.45) is 0.544. The van der Waals surface area contributed by atoms with Crippen LogP contribution < -0.4 is 5.73 Å². The largest absolute Gasteiger partial charge is 0.398 e. The standard InChI is InChI=1S/C10H11ClN2O2S/c11-9-7-8(3-4-10(9)13)16(14,15)6-2-1-5-12/h3-4,7H,1-2,6,13H2. The molecule has 4 nitrogen and oxygen atoms in total. The molecule has 0 aromatic heterocycles. The van der Waals surface area contributed by atoms with Gasteiger partial charge >= 0.3 is 0 Å². The van der Waals surface area contributed by atoms with Gasteiger partial charge in [-0.1, -0.05) is 11.6 Å². The van der Waals surface area contributed by atoms with Crippen molar-refractivity contribution in [1.29, 1.82) is 5.26 Å². The maximum atomic E-state index is 11.8. The van der Waals surface area contributed by atoms with Crippen LogP contribution in [0.4, 0.5) is 5.69 Å². The van der Waals surface area contributed by atoms with Crippen LogP contribution in [0.15, 0.2) is 23.1 Å². The van der Waals surface area contributed by atoms with Gasteiger partial charge in [0, 0.05) is 6.42 Å². The molecule has 0 bridgehead atoms. The molecule has 1 rings (SSSR count). The number of sulfone groups is 1. The van der Waals surface area contributed by atoms with Crippen LogP contribution in [0.25, 0.3) is 0 Å². The topological polar surface area (TPSA) is 84.0 Å². The van der Waals surface area contributed by atoms with Crippen molar-refractivity contribution in [3.8, 4) is 6.07 Å². The van der Waals surface area contributed by atoms with Crippen LogP contribution in [0.3, 0.4) is 0 Å². The van der Waals surface area contributed by atoms with E-state index in [1.165, 1.54) is 18.2 Å². The van der Waals surface area contributed by atoms with Crippen molar-refractivity contribution in [3.05, 3.63) is 23.2 Å². The lowest BCUT2D eigenvalue weighted by atomic mass is 10.3. The van der Waals surface area contributed by atoms with E-state index < -0.39 is 9.84 Å². The summed E-state index contributed by atoms with van der Waals surface area (Å²) in [6.45, 7) is 0. The SMILES string of the molecule is N#CCCCS(=O)(=O)c1ccc(N)c(Cl)c1. The highest BCUT2D eigenvalue weighted by Gasteiger charge is 2.14. The number of benzene rings is 1. The smallest absolute Gasteiger partial charge is 0.178 e. The molecular formula is C10H11ClN2O2S. The Morgan fingerprint density at radius 1 is 1.44 bits per heavy atom. The zero-order valence-corrected chi connectivity index (χ0v) is 10.1. The lowest BCUT2D eigenvalue weighted by Gasteiger charge is -2.04. The normalized spacial score (nSPS) is 11.0. The molecule has 0 aliphatic heterocycles. The molecule has 0 spiro atoms. The molecule has 1 aromatic rings. The third-order valence-corrected chi connectivity index (χ3v) is 4.16. The van der Waals surface area contributed by atoms with E-state index in [2.05, 4.69) is 0 Å². The monoisotopic (exact) mass is 258 g/mol. The Morgan fingerprint density at radius 3 is 2.69 bits per heavy atom. The van der Waals surface area contributed by atoms with Crippen molar-refractivity contribution in [3.63, 3.8) is 0 Å². The molecule has 1 aromatic carbocycles. The quantitative estimate of drug-likeness (QED) is 0.661. The van der Waals surface area contributed by atoms with Gasteiger partial charge in [-0.3, -0.25) is 0 Å². The summed E-state index contributed by atoms with van der Waals surface area (Å²) < 4.78 is 23.5. The first-order valence-electron chi connectivity index (χ1n) is 4.62. The Balaban J connectivity index is 2.91. The van der Waals surface area contributed by atoms with E-state index in [4.69, 9.17) is 22.6 Å². The third kappa shape index (κ3) is 3.12. The van der Waals surface area contributed by atoms with Crippen LogP contribution in [0.2, 0.25) is 5.02 Å². The molecule has 0 heterocycles. The maximum absolute atomic E-state index is 11.8. The predicted molar refractivity (Wildman–Crippen MR) is 62.8 cm³/mol. The molecule has 0 fully saturated rings. The number of nitriles is 1. The summed E-state index contributed by atoms with van der Waals surface area (Å²) in [7, 11) is -3.36. The van der Waals surface area contributed by atoms with Gasteiger partial charge in [0.2, 0.25) is 0 Å². The highest BCUT2D eigenvalue weighted by atomic mass is 35.5. The van der Waals surface area contributed by atoms with Crippen molar-refractivity contribution in [2.24, 2.45) is 0 Å². The molecule has 16 heavy (non-hydrogen) atoms. The fourth-order valence-electron chi connectivity index (χ4n) is 1.16. The first-order chi connectivity index (χ1) is 7.47. The van der Waals surface area contributed by atoms with Gasteiger partial charge in [0.05, 0.1) is 27.4 Å². The average Bonchev–Trinajstić information content (AvgIpc) is 2.22. The molecule has 0 amide bonds. The van der Waals surface area contributed by atoms with Crippen LogP contribution in [-0.2, 0) is 9.84 Å². The van der Waals surface area contributed by atoms with Crippen LogP contribution in [0, 0.1) is 11.3 Å². The molecule has 0 saturated carbocycles. The second kappa shape index (κ2) is 5.19. The van der Waals surface area contributed by atoms with Gasteiger partial charge in [-0.05, 0) is 24.6 Å². The van der Waals surface area contributed by atoms with Gasteiger partial charge in [-0.25, -0.2) is 8.42 Å². The number of unbranched alkanes of at least 4 members (excludes halogenated alkanes) is 1. The van der Waals surface area contributed by atoms with E-state index in [1.807, 2.05) is 6.07 Å². The van der Waals surface area contributed by atoms with E-state index in [9.17, 15) is 8.42 Å². The minimum absolute atomic E-state index is 0.0548. The minimum Gasteiger partial charge on any atom is -0.398 e. The van der Waals surface area contributed by atoms with Gasteiger partial charge in [0.1, 0.15) is 0 Å². The first kappa shape index (κ1) is 12.8. The van der Waals surface area contributed by atoms with Gasteiger partial charge in [-0.15, -0.1) is 0 Å². The number of anilines is 1. The Hall–Kier alpha value is -1.25. The van der Waals surface area contributed by atoms with Gasteiger partial charge < -0.3 is 5.73 Å². The summed E-state index contributed by atoms with van der Waals surface area (Å²) in [6, 6.07) is 6.11. The molecule has 0 aliphatic rings. The first-order valence-corrected chi connectivity index (χ1v) is 6.65. The number of hydrogen-bond donors (Lipinski definition) is 1. The van der Waals surface area contributed by atoms with Gasteiger partial charge in [-0.2, -0.15) is 5.26 Å². The Morgan fingerprint density at radius 2 is 2.12 bits per heavy atom. The van der Waals surface area contributed by atoms with E-state index in [0.29, 0.717) is 12.1 Å². The van der Waals surface area contributed by atoms with Crippen molar-refractivity contribution in [2.45, 2.75) is 17.7 Å². The summed E-state index contributed by atoms with van der Waals surface area (Å²) in [4.78, 5) is 0.143. The second-order valence-corrected chi connectivity index (χ2v) is 5.78. The van der Waals surface area contributed by atoms with E-state index >= 15 is 0 Å². The molecule has 2 N–H and O–H groups in total. The molecule has 6 heteroatoms. The van der Waals surface area contributed by atoms with Crippen molar-refractivity contribution in [2.75, 3.05) is 11.5 Å². The highest BCUT2D eigenvalue weighted by molar-refractivity contribution is 7.91. The zero-order valence-electron chi connectivity index (χ0n) is 8.48. The number of nitrogens with two attached hydrogens (primary N) is 1. The summed E-state index contributed by atoms with van der Waals surface area (Å²) in [5, 5.41) is 8.56. The zero-order chi connectivity index (χ0) is 12.2. The van der Waals surface area contributed by atoms with Crippen LogP contribution in [0.5, 0.6) is 0 Å². The van der Waals surface area contributed by atoms with E-state index in [0.717, 1.165) is 0 Å². The molecular weight excluding hydrogens is 248 g/mol. The maximum Gasteiger partial charge on any atom is 0.178 e. The molecule has 0 radical (unpaired) electrons. The minimum atomic E-state index is -3.36. The molecule has 0 saturated heterocycles. The van der Waals surface area contributed by atoms with Crippen molar-refractivity contribution >= 4 is 27.1 Å².